The lowest BCUT2D eigenvalue weighted by Crippen LogP contribution is -2.34. The SMILES string of the molecule is CCN(CC)C(=O)[C@H](Sc1nnc(-c2ccncc2)n1C1CC1)c1ccccc1. The molecule has 4 rings (SSSR count). The molecule has 0 saturated heterocycles. The lowest BCUT2D eigenvalue weighted by molar-refractivity contribution is -0.130. The summed E-state index contributed by atoms with van der Waals surface area (Å²) in [7, 11) is 0. The Bertz CT molecular complexity index is 952. The number of aromatic nitrogens is 4. The van der Waals surface area contributed by atoms with Gasteiger partial charge in [0.2, 0.25) is 5.91 Å². The smallest absolute Gasteiger partial charge is 0.240 e. The first-order valence-corrected chi connectivity index (χ1v) is 11.0. The van der Waals surface area contributed by atoms with Crippen LogP contribution in [0.3, 0.4) is 0 Å². The zero-order valence-corrected chi connectivity index (χ0v) is 17.5. The third-order valence-electron chi connectivity index (χ3n) is 5.14. The van der Waals surface area contributed by atoms with Crippen molar-refractivity contribution in [2.45, 2.75) is 43.1 Å². The van der Waals surface area contributed by atoms with Crippen molar-refractivity contribution in [3.05, 3.63) is 60.4 Å². The van der Waals surface area contributed by atoms with E-state index in [0.717, 1.165) is 34.9 Å². The first-order valence-electron chi connectivity index (χ1n) is 10.1. The summed E-state index contributed by atoms with van der Waals surface area (Å²) < 4.78 is 2.20. The van der Waals surface area contributed by atoms with E-state index in [4.69, 9.17) is 0 Å². The van der Waals surface area contributed by atoms with E-state index in [1.54, 1.807) is 12.4 Å². The molecule has 2 heterocycles. The number of benzene rings is 1. The van der Waals surface area contributed by atoms with Crippen LogP contribution in [-0.4, -0.2) is 43.6 Å². The number of carbonyl (C=O) groups is 1. The number of hydrogen-bond donors (Lipinski definition) is 0. The van der Waals surface area contributed by atoms with E-state index >= 15 is 0 Å². The van der Waals surface area contributed by atoms with Gasteiger partial charge in [0, 0.05) is 37.1 Å². The first kappa shape index (κ1) is 19.6. The molecule has 0 spiro atoms. The molecular weight excluding hydrogens is 382 g/mol. The molecule has 0 N–H and O–H groups in total. The fourth-order valence-corrected chi connectivity index (χ4v) is 4.60. The fraction of sp³-hybridized carbons (Fsp3) is 0.364. The second kappa shape index (κ2) is 8.78. The highest BCUT2D eigenvalue weighted by Crippen LogP contribution is 2.44. The summed E-state index contributed by atoms with van der Waals surface area (Å²) in [5.41, 5.74) is 1.99. The second-order valence-corrected chi connectivity index (χ2v) is 8.13. The van der Waals surface area contributed by atoms with E-state index in [9.17, 15) is 4.79 Å². The van der Waals surface area contributed by atoms with Gasteiger partial charge in [-0.05, 0) is 44.4 Å². The second-order valence-electron chi connectivity index (χ2n) is 7.06. The van der Waals surface area contributed by atoms with Gasteiger partial charge in [-0.3, -0.25) is 14.3 Å². The highest BCUT2D eigenvalue weighted by Gasteiger charge is 2.33. The maximum absolute atomic E-state index is 13.3. The molecule has 1 amide bonds. The first-order chi connectivity index (χ1) is 14.2. The van der Waals surface area contributed by atoms with Crippen LogP contribution in [0.2, 0.25) is 0 Å². The Morgan fingerprint density at radius 3 is 2.41 bits per heavy atom. The molecule has 7 heteroatoms. The molecule has 1 fully saturated rings. The Hall–Kier alpha value is -2.67. The average Bonchev–Trinajstić information content (AvgIpc) is 3.53. The molecule has 1 saturated carbocycles. The van der Waals surface area contributed by atoms with Crippen molar-refractivity contribution in [3.63, 3.8) is 0 Å². The molecule has 2 aromatic heterocycles. The molecule has 0 bridgehead atoms. The number of hydrogen-bond acceptors (Lipinski definition) is 5. The number of nitrogens with zero attached hydrogens (tertiary/aromatic N) is 5. The monoisotopic (exact) mass is 407 g/mol. The van der Waals surface area contributed by atoms with Gasteiger partial charge in [-0.15, -0.1) is 10.2 Å². The van der Waals surface area contributed by atoms with Crippen molar-refractivity contribution >= 4 is 17.7 Å². The average molecular weight is 408 g/mol. The van der Waals surface area contributed by atoms with Crippen LogP contribution in [0, 0.1) is 0 Å². The predicted molar refractivity (Wildman–Crippen MR) is 114 cm³/mol. The van der Waals surface area contributed by atoms with Crippen LogP contribution in [-0.2, 0) is 4.79 Å². The lowest BCUT2D eigenvalue weighted by atomic mass is 10.1. The van der Waals surface area contributed by atoms with Gasteiger partial charge in [-0.1, -0.05) is 42.1 Å². The zero-order valence-electron chi connectivity index (χ0n) is 16.7. The summed E-state index contributed by atoms with van der Waals surface area (Å²) in [6, 6.07) is 14.3. The summed E-state index contributed by atoms with van der Waals surface area (Å²) in [5, 5.41) is 9.43. The Labute approximate surface area is 175 Å². The Morgan fingerprint density at radius 1 is 1.10 bits per heavy atom. The standard InChI is InChI=1S/C22H25N5OS/c1-3-26(4-2)21(28)19(16-8-6-5-7-9-16)29-22-25-24-20(27(22)18-10-11-18)17-12-14-23-15-13-17/h5-9,12-15,18-19H,3-4,10-11H2,1-2H3/t19-/m1/s1. The molecule has 3 aromatic rings. The highest BCUT2D eigenvalue weighted by atomic mass is 32.2. The molecular formula is C22H25N5OS. The van der Waals surface area contributed by atoms with Crippen LogP contribution in [0.5, 0.6) is 0 Å². The number of thioether (sulfide) groups is 1. The molecule has 0 aliphatic heterocycles. The van der Waals surface area contributed by atoms with E-state index in [-0.39, 0.29) is 11.2 Å². The zero-order chi connectivity index (χ0) is 20.2. The minimum atomic E-state index is -0.344. The topological polar surface area (TPSA) is 63.9 Å². The van der Waals surface area contributed by atoms with E-state index in [1.807, 2.05) is 61.2 Å². The summed E-state index contributed by atoms with van der Waals surface area (Å²) in [6.45, 7) is 5.42. The maximum Gasteiger partial charge on any atom is 0.240 e. The van der Waals surface area contributed by atoms with Crippen LogP contribution < -0.4 is 0 Å². The van der Waals surface area contributed by atoms with E-state index in [2.05, 4.69) is 19.7 Å². The molecule has 0 unspecified atom stereocenters. The third-order valence-corrected chi connectivity index (χ3v) is 6.34. The quantitative estimate of drug-likeness (QED) is 0.519. The van der Waals surface area contributed by atoms with Gasteiger partial charge in [0.15, 0.2) is 11.0 Å². The Balaban J connectivity index is 1.71. The maximum atomic E-state index is 13.3. The molecule has 1 aliphatic rings. The van der Waals surface area contributed by atoms with Gasteiger partial charge in [-0.25, -0.2) is 0 Å². The fourth-order valence-electron chi connectivity index (χ4n) is 3.41. The summed E-state index contributed by atoms with van der Waals surface area (Å²) in [5.74, 6) is 0.960. The summed E-state index contributed by atoms with van der Waals surface area (Å²) in [4.78, 5) is 19.3. The van der Waals surface area contributed by atoms with Crippen molar-refractivity contribution in [2.75, 3.05) is 13.1 Å². The molecule has 1 aliphatic carbocycles. The van der Waals surface area contributed by atoms with Crippen molar-refractivity contribution < 1.29 is 4.79 Å². The predicted octanol–water partition coefficient (Wildman–Crippen LogP) is 4.38. The van der Waals surface area contributed by atoms with Gasteiger partial charge in [-0.2, -0.15) is 0 Å². The number of likely N-dealkylation sites (N-methyl/N-ethyl adjacent to an activating group) is 1. The van der Waals surface area contributed by atoms with Crippen molar-refractivity contribution in [1.29, 1.82) is 0 Å². The Kier molecular flexibility index (Phi) is 5.94. The Morgan fingerprint density at radius 2 is 1.79 bits per heavy atom. The van der Waals surface area contributed by atoms with Gasteiger partial charge >= 0.3 is 0 Å². The minimum Gasteiger partial charge on any atom is -0.342 e. The largest absolute Gasteiger partial charge is 0.342 e. The summed E-state index contributed by atoms with van der Waals surface area (Å²) >= 11 is 1.50. The van der Waals surface area contributed by atoms with Gasteiger partial charge < -0.3 is 4.90 Å². The minimum absolute atomic E-state index is 0.113. The molecule has 1 aromatic carbocycles. The van der Waals surface area contributed by atoms with Gasteiger partial charge in [0.1, 0.15) is 5.25 Å². The van der Waals surface area contributed by atoms with Crippen LogP contribution in [0.15, 0.2) is 60.0 Å². The number of pyridine rings is 1. The van der Waals surface area contributed by atoms with Crippen molar-refractivity contribution in [2.24, 2.45) is 0 Å². The van der Waals surface area contributed by atoms with E-state index in [1.165, 1.54) is 11.8 Å². The van der Waals surface area contributed by atoms with Crippen LogP contribution >= 0.6 is 11.8 Å². The number of carbonyl (C=O) groups excluding carboxylic acids is 1. The van der Waals surface area contributed by atoms with E-state index in [0.29, 0.717) is 19.1 Å². The van der Waals surface area contributed by atoms with Crippen LogP contribution in [0.1, 0.15) is 43.5 Å². The molecule has 6 nitrogen and oxygen atoms in total. The normalized spacial score (nSPS) is 14.6. The lowest BCUT2D eigenvalue weighted by Gasteiger charge is -2.25. The molecule has 1 atom stereocenters. The summed E-state index contributed by atoms with van der Waals surface area (Å²) in [6.07, 6.45) is 5.77. The third kappa shape index (κ3) is 4.19. The molecule has 150 valence electrons. The van der Waals surface area contributed by atoms with Gasteiger partial charge in [0.25, 0.3) is 0 Å². The molecule has 0 radical (unpaired) electrons. The van der Waals surface area contributed by atoms with Crippen LogP contribution in [0.4, 0.5) is 0 Å². The highest BCUT2D eigenvalue weighted by molar-refractivity contribution is 8.00. The molecule has 29 heavy (non-hydrogen) atoms. The van der Waals surface area contributed by atoms with Crippen molar-refractivity contribution in [3.8, 4) is 11.4 Å². The van der Waals surface area contributed by atoms with E-state index < -0.39 is 0 Å². The number of amides is 1. The number of rotatable bonds is 8. The van der Waals surface area contributed by atoms with Crippen molar-refractivity contribution in [1.82, 2.24) is 24.6 Å². The van der Waals surface area contributed by atoms with Gasteiger partial charge in [0.05, 0.1) is 0 Å². The van der Waals surface area contributed by atoms with Crippen LogP contribution in [0.25, 0.3) is 11.4 Å².